The fraction of sp³-hybridized carbons (Fsp3) is 0. The molecule has 0 bridgehead atoms. The zero-order valence-corrected chi connectivity index (χ0v) is 8.62. The number of aromatic nitrogens is 6. The van der Waals surface area contributed by atoms with Crippen LogP contribution in [0.25, 0.3) is 11.5 Å². The molecule has 17 heavy (non-hydrogen) atoms. The minimum atomic E-state index is 0.396. The third-order valence-electron chi connectivity index (χ3n) is 2.04. The highest BCUT2D eigenvalue weighted by atomic mass is 15.3. The highest BCUT2D eigenvalue weighted by Crippen LogP contribution is 2.16. The molecular formula is C9H8N8. The van der Waals surface area contributed by atoms with Crippen molar-refractivity contribution in [2.24, 2.45) is 10.2 Å². The molecular weight excluding hydrogens is 220 g/mol. The minimum absolute atomic E-state index is 0.396. The number of aromatic amines is 3. The second-order valence-electron chi connectivity index (χ2n) is 3.17. The van der Waals surface area contributed by atoms with Crippen LogP contribution in [-0.2, 0) is 0 Å². The van der Waals surface area contributed by atoms with Crippen molar-refractivity contribution < 1.29 is 0 Å². The van der Waals surface area contributed by atoms with Gasteiger partial charge in [0.15, 0.2) is 5.82 Å². The number of rotatable bonds is 3. The number of nitrogens with one attached hydrogen (secondary N) is 3. The Hall–Kier alpha value is -2.77. The van der Waals surface area contributed by atoms with Crippen LogP contribution in [0.2, 0.25) is 0 Å². The normalized spacial score (nSPS) is 11.3. The molecule has 3 rings (SSSR count). The molecule has 0 atom stereocenters. The van der Waals surface area contributed by atoms with Crippen molar-refractivity contribution in [1.82, 2.24) is 29.9 Å². The van der Waals surface area contributed by atoms with E-state index in [1.807, 2.05) is 0 Å². The van der Waals surface area contributed by atoms with Gasteiger partial charge >= 0.3 is 0 Å². The molecule has 3 N–H and O–H groups in total. The molecule has 0 amide bonds. The van der Waals surface area contributed by atoms with Gasteiger partial charge < -0.3 is 15.0 Å². The molecule has 3 aromatic heterocycles. The first-order valence-electron chi connectivity index (χ1n) is 4.88. The third-order valence-corrected chi connectivity index (χ3v) is 2.04. The van der Waals surface area contributed by atoms with E-state index in [4.69, 9.17) is 0 Å². The predicted octanol–water partition coefficient (Wildman–Crippen LogP) is 1.94. The Bertz CT molecular complexity index is 603. The maximum absolute atomic E-state index is 4.09. The maximum atomic E-state index is 4.09. The van der Waals surface area contributed by atoms with Gasteiger partial charge in [0.1, 0.15) is 5.69 Å². The molecule has 0 aliphatic heterocycles. The summed E-state index contributed by atoms with van der Waals surface area (Å²) in [6, 6.07) is 0. The first kappa shape index (κ1) is 9.46. The Balaban J connectivity index is 1.82. The number of H-pyrrole nitrogens is 3. The molecule has 0 radical (unpaired) electrons. The molecule has 0 unspecified atom stereocenters. The summed E-state index contributed by atoms with van der Waals surface area (Å²) in [5.74, 6) is 1.53. The van der Waals surface area contributed by atoms with Gasteiger partial charge in [-0.1, -0.05) is 0 Å². The first-order chi connectivity index (χ1) is 8.42. The van der Waals surface area contributed by atoms with Gasteiger partial charge in [-0.05, 0) is 0 Å². The van der Waals surface area contributed by atoms with Gasteiger partial charge in [0, 0.05) is 24.8 Å². The van der Waals surface area contributed by atoms with Crippen LogP contribution in [-0.4, -0.2) is 29.9 Å². The van der Waals surface area contributed by atoms with E-state index < -0.39 is 0 Å². The molecule has 84 valence electrons. The van der Waals surface area contributed by atoms with Gasteiger partial charge in [-0.2, -0.15) is 0 Å². The summed E-state index contributed by atoms with van der Waals surface area (Å²) < 4.78 is 0. The van der Waals surface area contributed by atoms with Gasteiger partial charge in [-0.3, -0.25) is 0 Å². The molecule has 3 aromatic rings. The average molecular weight is 228 g/mol. The molecule has 0 aliphatic carbocycles. The smallest absolute Gasteiger partial charge is 0.247 e. The van der Waals surface area contributed by atoms with E-state index in [1.54, 1.807) is 31.0 Å². The van der Waals surface area contributed by atoms with Crippen LogP contribution < -0.4 is 0 Å². The lowest BCUT2D eigenvalue weighted by Gasteiger charge is -1.87. The van der Waals surface area contributed by atoms with E-state index in [0.717, 1.165) is 5.69 Å². The van der Waals surface area contributed by atoms with Gasteiger partial charge in [0.2, 0.25) is 11.9 Å². The van der Waals surface area contributed by atoms with Crippen LogP contribution in [0.5, 0.6) is 0 Å². The van der Waals surface area contributed by atoms with E-state index in [9.17, 15) is 0 Å². The molecule has 0 aliphatic rings. The number of hydrogen-bond acceptors (Lipinski definition) is 5. The molecule has 0 spiro atoms. The van der Waals surface area contributed by atoms with Gasteiger partial charge in [0.25, 0.3) is 0 Å². The van der Waals surface area contributed by atoms with Crippen LogP contribution in [0.3, 0.4) is 0 Å². The van der Waals surface area contributed by atoms with Crippen LogP contribution in [0.1, 0.15) is 0 Å². The molecule has 8 heteroatoms. The van der Waals surface area contributed by atoms with Crippen molar-refractivity contribution in [3.63, 3.8) is 0 Å². The van der Waals surface area contributed by atoms with Crippen LogP contribution >= 0.6 is 0 Å². The summed E-state index contributed by atoms with van der Waals surface area (Å²) >= 11 is 0. The van der Waals surface area contributed by atoms with Crippen molar-refractivity contribution >= 4 is 11.9 Å². The highest BCUT2D eigenvalue weighted by molar-refractivity contribution is 5.49. The Morgan fingerprint density at radius 1 is 0.882 bits per heavy atom. The molecule has 0 saturated heterocycles. The quantitative estimate of drug-likeness (QED) is 0.595. The fourth-order valence-electron chi connectivity index (χ4n) is 1.30. The maximum Gasteiger partial charge on any atom is 0.247 e. The lowest BCUT2D eigenvalue weighted by Crippen LogP contribution is -1.78. The SMILES string of the molecule is c1c[nH]c(N=Nc2ncc(-c3ncc[nH]3)[nH]2)n1. The minimum Gasteiger partial charge on any atom is -0.343 e. The third kappa shape index (κ3) is 1.95. The zero-order chi connectivity index (χ0) is 11.5. The van der Waals surface area contributed by atoms with E-state index in [1.165, 1.54) is 0 Å². The second-order valence-corrected chi connectivity index (χ2v) is 3.17. The van der Waals surface area contributed by atoms with Crippen molar-refractivity contribution in [3.8, 4) is 11.5 Å². The van der Waals surface area contributed by atoms with Gasteiger partial charge in [-0.15, -0.1) is 10.2 Å². The Kier molecular flexibility index (Phi) is 2.23. The number of azo groups is 1. The standard InChI is InChI=1S/C9H8N8/c1-2-11-7(10-1)6-5-14-9(15-6)17-16-8-12-3-4-13-8/h1-5H,(H,10,11)(H,12,13)(H,14,15). The summed E-state index contributed by atoms with van der Waals surface area (Å²) in [7, 11) is 0. The largest absolute Gasteiger partial charge is 0.343 e. The fourth-order valence-corrected chi connectivity index (χ4v) is 1.30. The molecule has 0 aromatic carbocycles. The monoisotopic (exact) mass is 228 g/mol. The lowest BCUT2D eigenvalue weighted by molar-refractivity contribution is 1.07. The van der Waals surface area contributed by atoms with Crippen molar-refractivity contribution in [3.05, 3.63) is 31.0 Å². The van der Waals surface area contributed by atoms with Crippen molar-refractivity contribution in [1.29, 1.82) is 0 Å². The lowest BCUT2D eigenvalue weighted by atomic mass is 10.5. The summed E-state index contributed by atoms with van der Waals surface area (Å²) in [5.41, 5.74) is 0.753. The number of imidazole rings is 3. The van der Waals surface area contributed by atoms with Crippen molar-refractivity contribution in [2.75, 3.05) is 0 Å². The zero-order valence-electron chi connectivity index (χ0n) is 8.62. The topological polar surface area (TPSA) is 111 Å². The van der Waals surface area contributed by atoms with E-state index >= 15 is 0 Å². The molecule has 0 fully saturated rings. The van der Waals surface area contributed by atoms with Crippen LogP contribution in [0.4, 0.5) is 11.9 Å². The molecule has 3 heterocycles. The summed E-state index contributed by atoms with van der Waals surface area (Å²) in [6.07, 6.45) is 8.31. The van der Waals surface area contributed by atoms with Crippen LogP contribution in [0.15, 0.2) is 41.2 Å². The summed E-state index contributed by atoms with van der Waals surface area (Å²) in [6.45, 7) is 0. The summed E-state index contributed by atoms with van der Waals surface area (Å²) in [4.78, 5) is 20.8. The molecule has 8 nitrogen and oxygen atoms in total. The second kappa shape index (κ2) is 4.00. The first-order valence-corrected chi connectivity index (χ1v) is 4.88. The van der Waals surface area contributed by atoms with Gasteiger partial charge in [0.05, 0.1) is 6.20 Å². The summed E-state index contributed by atoms with van der Waals surface area (Å²) in [5, 5.41) is 7.77. The van der Waals surface area contributed by atoms with E-state index in [0.29, 0.717) is 17.7 Å². The van der Waals surface area contributed by atoms with Crippen LogP contribution in [0, 0.1) is 0 Å². The Labute approximate surface area is 95.3 Å². The van der Waals surface area contributed by atoms with Gasteiger partial charge in [-0.25, -0.2) is 15.0 Å². The predicted molar refractivity (Wildman–Crippen MR) is 58.9 cm³/mol. The van der Waals surface area contributed by atoms with E-state index in [2.05, 4.69) is 40.1 Å². The van der Waals surface area contributed by atoms with E-state index in [-0.39, 0.29) is 0 Å². The highest BCUT2D eigenvalue weighted by Gasteiger charge is 2.03. The number of nitrogens with zero attached hydrogens (tertiary/aromatic N) is 5. The molecule has 0 saturated carbocycles. The average Bonchev–Trinajstić information content (AvgIpc) is 3.09. The Morgan fingerprint density at radius 2 is 1.71 bits per heavy atom. The van der Waals surface area contributed by atoms with Crippen molar-refractivity contribution in [2.45, 2.75) is 0 Å². The number of hydrogen-bond donors (Lipinski definition) is 3. The Morgan fingerprint density at radius 3 is 2.47 bits per heavy atom.